The van der Waals surface area contributed by atoms with Gasteiger partial charge in [0.15, 0.2) is 0 Å². The van der Waals surface area contributed by atoms with Crippen molar-refractivity contribution in [2.75, 3.05) is 24.8 Å². The van der Waals surface area contributed by atoms with Crippen molar-refractivity contribution < 1.29 is 13.9 Å². The normalized spacial score (nSPS) is 10.0. The Morgan fingerprint density at radius 3 is 2.77 bits per heavy atom. The highest BCUT2D eigenvalue weighted by Crippen LogP contribution is 2.06. The van der Waals surface area contributed by atoms with E-state index in [1.807, 2.05) is 0 Å². The summed E-state index contributed by atoms with van der Waals surface area (Å²) in [7, 11) is 0. The summed E-state index contributed by atoms with van der Waals surface area (Å²) in [6.45, 7) is 2.01. The van der Waals surface area contributed by atoms with Crippen LogP contribution in [0.25, 0.3) is 0 Å². The van der Waals surface area contributed by atoms with Gasteiger partial charge < -0.3 is 4.74 Å². The molecule has 0 spiro atoms. The lowest BCUT2D eigenvalue weighted by Crippen LogP contribution is -2.06. The topological polar surface area (TPSA) is 26.3 Å². The second-order valence-electron chi connectivity index (χ2n) is 2.61. The number of carbonyl (C=O) groups excluding carboxylic acids is 1. The minimum atomic E-state index is -0.234. The summed E-state index contributed by atoms with van der Waals surface area (Å²) in [5.74, 6) is 1.18. The summed E-state index contributed by atoms with van der Waals surface area (Å²) < 4.78 is 16.4. The van der Waals surface area contributed by atoms with Gasteiger partial charge in [0, 0.05) is 0 Å². The first-order chi connectivity index (χ1) is 6.31. The van der Waals surface area contributed by atoms with Crippen LogP contribution >= 0.6 is 11.8 Å². The Bertz CT molecular complexity index is 131. The Kier molecular flexibility index (Phi) is 9.65. The average molecular weight is 208 g/mol. The van der Waals surface area contributed by atoms with Gasteiger partial charge in [0.05, 0.1) is 19.0 Å². The van der Waals surface area contributed by atoms with Crippen molar-refractivity contribution in [2.24, 2.45) is 0 Å². The monoisotopic (exact) mass is 208 g/mol. The molecule has 0 rings (SSSR count). The molecule has 0 atom stereocenters. The summed E-state index contributed by atoms with van der Waals surface area (Å²) in [5, 5.41) is 0. The first kappa shape index (κ1) is 12.8. The molecule has 0 fully saturated rings. The van der Waals surface area contributed by atoms with Crippen LogP contribution in [0, 0.1) is 0 Å². The van der Waals surface area contributed by atoms with E-state index in [0.29, 0.717) is 18.8 Å². The number of thioether (sulfide) groups is 1. The molecule has 0 saturated carbocycles. The van der Waals surface area contributed by atoms with Crippen LogP contribution in [0.2, 0.25) is 0 Å². The molecule has 78 valence electrons. The van der Waals surface area contributed by atoms with Gasteiger partial charge in [-0.3, -0.25) is 9.18 Å². The molecule has 0 radical (unpaired) electrons. The number of hydrogen-bond donors (Lipinski definition) is 0. The number of unbranched alkanes of at least 4 members (excludes halogenated alkanes) is 2. The van der Waals surface area contributed by atoms with E-state index >= 15 is 0 Å². The molecule has 0 aliphatic carbocycles. The van der Waals surface area contributed by atoms with Gasteiger partial charge in [-0.25, -0.2) is 0 Å². The largest absolute Gasteiger partial charge is 0.465 e. The zero-order valence-corrected chi connectivity index (χ0v) is 8.87. The van der Waals surface area contributed by atoms with Crippen LogP contribution in [0.4, 0.5) is 4.39 Å². The van der Waals surface area contributed by atoms with Crippen LogP contribution in [0.1, 0.15) is 26.2 Å². The summed E-state index contributed by atoms with van der Waals surface area (Å²) in [6.07, 6.45) is 2.53. The van der Waals surface area contributed by atoms with Gasteiger partial charge >= 0.3 is 5.97 Å². The smallest absolute Gasteiger partial charge is 0.315 e. The number of hydrogen-bond acceptors (Lipinski definition) is 3. The second-order valence-corrected chi connectivity index (χ2v) is 3.71. The van der Waals surface area contributed by atoms with Gasteiger partial charge in [-0.1, -0.05) is 6.42 Å². The van der Waals surface area contributed by atoms with Crippen LogP contribution in [0.15, 0.2) is 0 Å². The number of ether oxygens (including phenoxy) is 1. The zero-order chi connectivity index (χ0) is 9.94. The van der Waals surface area contributed by atoms with Gasteiger partial charge in [-0.2, -0.15) is 11.8 Å². The fourth-order valence-corrected chi connectivity index (χ4v) is 1.64. The van der Waals surface area contributed by atoms with Crippen LogP contribution < -0.4 is 0 Å². The quantitative estimate of drug-likeness (QED) is 0.452. The maximum Gasteiger partial charge on any atom is 0.315 e. The molecular weight excluding hydrogens is 191 g/mol. The van der Waals surface area contributed by atoms with Crippen molar-refractivity contribution in [1.82, 2.24) is 0 Å². The average Bonchev–Trinajstić information content (AvgIpc) is 2.11. The van der Waals surface area contributed by atoms with Crippen LogP contribution in [0.3, 0.4) is 0 Å². The summed E-state index contributed by atoms with van der Waals surface area (Å²) in [4.78, 5) is 10.8. The van der Waals surface area contributed by atoms with Gasteiger partial charge in [-0.05, 0) is 25.5 Å². The lowest BCUT2D eigenvalue weighted by molar-refractivity contribution is -0.139. The van der Waals surface area contributed by atoms with Crippen molar-refractivity contribution in [2.45, 2.75) is 26.2 Å². The predicted molar refractivity (Wildman–Crippen MR) is 53.8 cm³/mol. The van der Waals surface area contributed by atoms with Crippen molar-refractivity contribution in [3.05, 3.63) is 0 Å². The zero-order valence-electron chi connectivity index (χ0n) is 8.05. The molecule has 0 saturated heterocycles. The molecule has 2 nitrogen and oxygen atoms in total. The molecule has 0 N–H and O–H groups in total. The van der Waals surface area contributed by atoms with E-state index in [0.717, 1.165) is 18.6 Å². The molecule has 0 aliphatic heterocycles. The van der Waals surface area contributed by atoms with Crippen LogP contribution in [0.5, 0.6) is 0 Å². The molecule has 0 aromatic rings. The number of alkyl halides is 1. The molecular formula is C9H17FO2S. The minimum Gasteiger partial charge on any atom is -0.465 e. The van der Waals surface area contributed by atoms with Crippen LogP contribution in [-0.2, 0) is 9.53 Å². The molecule has 0 aliphatic rings. The summed E-state index contributed by atoms with van der Waals surface area (Å²) in [5.41, 5.74) is 0. The van der Waals surface area contributed by atoms with Crippen molar-refractivity contribution in [3.8, 4) is 0 Å². The molecule has 4 heteroatoms. The Morgan fingerprint density at radius 2 is 2.15 bits per heavy atom. The molecule has 0 aromatic carbocycles. The maximum absolute atomic E-state index is 11.7. The highest BCUT2D eigenvalue weighted by molar-refractivity contribution is 7.99. The fourth-order valence-electron chi connectivity index (χ4n) is 0.834. The second kappa shape index (κ2) is 9.84. The molecule has 0 bridgehead atoms. The van der Waals surface area contributed by atoms with Crippen molar-refractivity contribution >= 4 is 17.7 Å². The lowest BCUT2D eigenvalue weighted by atomic mass is 10.3. The minimum absolute atomic E-state index is 0.155. The van der Waals surface area contributed by atoms with Gasteiger partial charge in [0.25, 0.3) is 0 Å². The van der Waals surface area contributed by atoms with E-state index in [9.17, 15) is 9.18 Å². The van der Waals surface area contributed by atoms with Crippen LogP contribution in [-0.4, -0.2) is 30.8 Å². The Morgan fingerprint density at radius 1 is 1.38 bits per heavy atom. The Labute approximate surface area is 83.2 Å². The molecule has 0 aromatic heterocycles. The van der Waals surface area contributed by atoms with E-state index in [1.54, 1.807) is 18.7 Å². The molecule has 0 amide bonds. The third-order valence-electron chi connectivity index (χ3n) is 1.45. The SMILES string of the molecule is CCOC(=O)CSCCCCCF. The molecule has 0 heterocycles. The standard InChI is InChI=1S/C9H17FO2S/c1-2-12-9(11)8-13-7-5-3-4-6-10/h2-8H2,1H3. The van der Waals surface area contributed by atoms with Crippen molar-refractivity contribution in [3.63, 3.8) is 0 Å². The number of rotatable bonds is 8. The van der Waals surface area contributed by atoms with Gasteiger partial charge in [0.2, 0.25) is 0 Å². The lowest BCUT2D eigenvalue weighted by Gasteiger charge is -2.01. The fraction of sp³-hybridized carbons (Fsp3) is 0.889. The third-order valence-corrected chi connectivity index (χ3v) is 2.46. The maximum atomic E-state index is 11.7. The van der Waals surface area contributed by atoms with Crippen molar-refractivity contribution in [1.29, 1.82) is 0 Å². The van der Waals surface area contributed by atoms with Gasteiger partial charge in [-0.15, -0.1) is 0 Å². The Balaban J connectivity index is 3.02. The van der Waals surface area contributed by atoms with E-state index < -0.39 is 0 Å². The molecule has 0 unspecified atom stereocenters. The van der Waals surface area contributed by atoms with E-state index in [-0.39, 0.29) is 12.6 Å². The number of halogens is 1. The first-order valence-electron chi connectivity index (χ1n) is 4.60. The summed E-state index contributed by atoms with van der Waals surface area (Å²) in [6, 6.07) is 0. The number of esters is 1. The first-order valence-corrected chi connectivity index (χ1v) is 5.76. The highest BCUT2D eigenvalue weighted by Gasteiger charge is 2.00. The predicted octanol–water partition coefficient (Wildman–Crippen LogP) is 2.42. The summed E-state index contributed by atoms with van der Waals surface area (Å²) >= 11 is 1.55. The third kappa shape index (κ3) is 9.67. The van der Waals surface area contributed by atoms with E-state index in [1.165, 1.54) is 0 Å². The number of carbonyl (C=O) groups is 1. The Hall–Kier alpha value is -0.250. The van der Waals surface area contributed by atoms with E-state index in [2.05, 4.69) is 0 Å². The molecule has 13 heavy (non-hydrogen) atoms. The van der Waals surface area contributed by atoms with E-state index in [4.69, 9.17) is 4.74 Å². The van der Waals surface area contributed by atoms with Gasteiger partial charge in [0.1, 0.15) is 0 Å². The highest BCUT2D eigenvalue weighted by atomic mass is 32.2.